The average molecular weight is 374 g/mol. The summed E-state index contributed by atoms with van der Waals surface area (Å²) in [6.07, 6.45) is 0. The monoisotopic (exact) mass is 373 g/mol. The van der Waals surface area contributed by atoms with E-state index in [9.17, 15) is 14.7 Å². The number of aliphatic carboxylic acids is 1. The third-order valence-electron chi connectivity index (χ3n) is 4.59. The van der Waals surface area contributed by atoms with Gasteiger partial charge < -0.3 is 14.7 Å². The number of amides is 1. The molecule has 1 heterocycles. The molecule has 0 aromatic heterocycles. The minimum Gasteiger partial charge on any atom is -0.489 e. The maximum Gasteiger partial charge on any atom is 0.308 e. The van der Waals surface area contributed by atoms with Crippen LogP contribution in [0.1, 0.15) is 22.8 Å². The number of hydrogen-bond donors (Lipinski definition) is 1. The molecule has 1 saturated heterocycles. The van der Waals surface area contributed by atoms with E-state index in [2.05, 4.69) is 0 Å². The topological polar surface area (TPSA) is 66.8 Å². The number of benzene rings is 2. The first-order chi connectivity index (χ1) is 12.4. The predicted molar refractivity (Wildman–Crippen MR) is 98.4 cm³/mol. The lowest BCUT2D eigenvalue weighted by Crippen LogP contribution is -2.29. The van der Waals surface area contributed by atoms with Gasteiger partial charge in [-0.2, -0.15) is 0 Å². The van der Waals surface area contributed by atoms with Gasteiger partial charge in [0.15, 0.2) is 0 Å². The molecule has 6 heteroatoms. The Morgan fingerprint density at radius 2 is 1.96 bits per heavy atom. The van der Waals surface area contributed by atoms with Crippen molar-refractivity contribution in [1.82, 2.24) is 4.90 Å². The number of carbonyl (C=O) groups is 2. The minimum absolute atomic E-state index is 0.0567. The normalized spacial score (nSPS) is 19.4. The molecule has 2 aromatic carbocycles. The molecule has 1 amide bonds. The Balaban J connectivity index is 1.67. The largest absolute Gasteiger partial charge is 0.489 e. The zero-order chi connectivity index (χ0) is 18.7. The molecule has 1 N–H and O–H groups in total. The number of carboxylic acid groups (broad SMARTS) is 1. The van der Waals surface area contributed by atoms with E-state index in [-0.39, 0.29) is 18.4 Å². The summed E-state index contributed by atoms with van der Waals surface area (Å²) in [5.41, 5.74) is 1.43. The van der Waals surface area contributed by atoms with E-state index in [4.69, 9.17) is 16.3 Å². The molecule has 0 bridgehead atoms. The number of halogens is 1. The van der Waals surface area contributed by atoms with Crippen molar-refractivity contribution in [1.29, 1.82) is 0 Å². The van der Waals surface area contributed by atoms with E-state index in [1.165, 1.54) is 0 Å². The molecule has 0 aliphatic carbocycles. The molecule has 136 valence electrons. The molecule has 2 atom stereocenters. The zero-order valence-electron chi connectivity index (χ0n) is 14.4. The van der Waals surface area contributed by atoms with E-state index >= 15 is 0 Å². The van der Waals surface area contributed by atoms with E-state index in [0.29, 0.717) is 29.5 Å². The van der Waals surface area contributed by atoms with Crippen LogP contribution in [-0.4, -0.2) is 35.0 Å². The third-order valence-corrected chi connectivity index (χ3v) is 4.83. The quantitative estimate of drug-likeness (QED) is 0.867. The lowest BCUT2D eigenvalue weighted by molar-refractivity contribution is -0.142. The average Bonchev–Trinajstić information content (AvgIpc) is 3.02. The number of hydrogen-bond acceptors (Lipinski definition) is 3. The van der Waals surface area contributed by atoms with Gasteiger partial charge >= 0.3 is 5.97 Å². The van der Waals surface area contributed by atoms with Gasteiger partial charge in [-0.1, -0.05) is 36.7 Å². The van der Waals surface area contributed by atoms with Gasteiger partial charge in [-0.3, -0.25) is 9.59 Å². The molecule has 1 fully saturated rings. The highest BCUT2D eigenvalue weighted by Gasteiger charge is 2.37. The number of carbonyl (C=O) groups excluding carboxylic acids is 1. The summed E-state index contributed by atoms with van der Waals surface area (Å²) >= 11 is 5.96. The lowest BCUT2D eigenvalue weighted by atomic mass is 9.99. The molecule has 5 nitrogen and oxygen atoms in total. The standard InChI is InChI=1S/C20H20ClNO4/c1-13-10-22(11-18(13)20(24)25)19(23)15-5-3-7-17(9-15)26-12-14-4-2-6-16(21)8-14/h2-9,13,18H,10-12H2,1H3,(H,24,25)/t13-,18-/m1/s1. The van der Waals surface area contributed by atoms with Crippen molar-refractivity contribution >= 4 is 23.5 Å². The van der Waals surface area contributed by atoms with Crippen LogP contribution in [0.5, 0.6) is 5.75 Å². The molecule has 0 unspecified atom stereocenters. The van der Waals surface area contributed by atoms with Crippen LogP contribution in [0.4, 0.5) is 0 Å². The van der Waals surface area contributed by atoms with Crippen molar-refractivity contribution in [2.45, 2.75) is 13.5 Å². The van der Waals surface area contributed by atoms with Crippen LogP contribution < -0.4 is 4.74 Å². The second-order valence-electron chi connectivity index (χ2n) is 6.58. The van der Waals surface area contributed by atoms with Crippen molar-refractivity contribution in [2.75, 3.05) is 13.1 Å². The highest BCUT2D eigenvalue weighted by molar-refractivity contribution is 6.30. The van der Waals surface area contributed by atoms with Gasteiger partial charge in [-0.25, -0.2) is 0 Å². The third kappa shape index (κ3) is 4.17. The predicted octanol–water partition coefficient (Wildman–Crippen LogP) is 3.71. The summed E-state index contributed by atoms with van der Waals surface area (Å²) in [4.78, 5) is 25.5. The van der Waals surface area contributed by atoms with E-state index in [1.807, 2.05) is 25.1 Å². The van der Waals surface area contributed by atoms with Crippen molar-refractivity contribution < 1.29 is 19.4 Å². The molecule has 1 aliphatic rings. The van der Waals surface area contributed by atoms with Crippen molar-refractivity contribution in [3.05, 3.63) is 64.7 Å². The molecule has 0 radical (unpaired) electrons. The maximum absolute atomic E-state index is 12.7. The molecule has 3 rings (SSSR count). The Bertz CT molecular complexity index is 823. The molecule has 0 saturated carbocycles. The number of rotatable bonds is 5. The fraction of sp³-hybridized carbons (Fsp3) is 0.300. The second-order valence-corrected chi connectivity index (χ2v) is 7.02. The minimum atomic E-state index is -0.855. The van der Waals surface area contributed by atoms with Crippen LogP contribution in [-0.2, 0) is 11.4 Å². The van der Waals surface area contributed by atoms with Gasteiger partial charge in [0.1, 0.15) is 12.4 Å². The summed E-state index contributed by atoms with van der Waals surface area (Å²) in [5, 5.41) is 9.87. The summed E-state index contributed by atoms with van der Waals surface area (Å²) < 4.78 is 5.76. The Hall–Kier alpha value is -2.53. The summed E-state index contributed by atoms with van der Waals surface area (Å²) in [6.45, 7) is 2.89. The SMILES string of the molecule is C[C@@H]1CN(C(=O)c2cccc(OCc3cccc(Cl)c3)c2)C[C@H]1C(=O)O. The van der Waals surface area contributed by atoms with Crippen LogP contribution in [0.15, 0.2) is 48.5 Å². The van der Waals surface area contributed by atoms with Gasteiger partial charge in [0.05, 0.1) is 5.92 Å². The van der Waals surface area contributed by atoms with Gasteiger partial charge in [-0.05, 0) is 41.8 Å². The number of ether oxygens (including phenoxy) is 1. The summed E-state index contributed by atoms with van der Waals surface area (Å²) in [7, 11) is 0. The number of carboxylic acids is 1. The van der Waals surface area contributed by atoms with E-state index < -0.39 is 11.9 Å². The van der Waals surface area contributed by atoms with Crippen molar-refractivity contribution in [3.63, 3.8) is 0 Å². The second kappa shape index (κ2) is 7.79. The molecule has 26 heavy (non-hydrogen) atoms. The first-order valence-electron chi connectivity index (χ1n) is 8.43. The molecule has 2 aromatic rings. The first kappa shape index (κ1) is 18.3. The Morgan fingerprint density at radius 1 is 1.19 bits per heavy atom. The highest BCUT2D eigenvalue weighted by atomic mass is 35.5. The van der Waals surface area contributed by atoms with Gasteiger partial charge in [0.25, 0.3) is 5.91 Å². The Morgan fingerprint density at radius 3 is 2.65 bits per heavy atom. The van der Waals surface area contributed by atoms with Crippen LogP contribution >= 0.6 is 11.6 Å². The summed E-state index contributed by atoms with van der Waals surface area (Å²) in [5.74, 6) is -1.02. The van der Waals surface area contributed by atoms with Gasteiger partial charge in [0.2, 0.25) is 0 Å². The van der Waals surface area contributed by atoms with Gasteiger partial charge in [0, 0.05) is 23.7 Å². The zero-order valence-corrected chi connectivity index (χ0v) is 15.1. The first-order valence-corrected chi connectivity index (χ1v) is 8.81. The van der Waals surface area contributed by atoms with E-state index in [0.717, 1.165) is 5.56 Å². The number of likely N-dealkylation sites (tertiary alicyclic amines) is 1. The Kier molecular flexibility index (Phi) is 5.47. The summed E-state index contributed by atoms with van der Waals surface area (Å²) in [6, 6.07) is 14.3. The van der Waals surface area contributed by atoms with E-state index in [1.54, 1.807) is 35.2 Å². The Labute approximate surface area is 157 Å². The smallest absolute Gasteiger partial charge is 0.308 e. The molecule has 1 aliphatic heterocycles. The van der Waals surface area contributed by atoms with Crippen LogP contribution in [0.3, 0.4) is 0 Å². The highest BCUT2D eigenvalue weighted by Crippen LogP contribution is 2.26. The lowest BCUT2D eigenvalue weighted by Gasteiger charge is -2.16. The molecule has 0 spiro atoms. The van der Waals surface area contributed by atoms with Crippen molar-refractivity contribution in [3.8, 4) is 5.75 Å². The maximum atomic E-state index is 12.7. The number of nitrogens with zero attached hydrogens (tertiary/aromatic N) is 1. The van der Waals surface area contributed by atoms with Crippen LogP contribution in [0.25, 0.3) is 0 Å². The molecular weight excluding hydrogens is 354 g/mol. The van der Waals surface area contributed by atoms with Gasteiger partial charge in [-0.15, -0.1) is 0 Å². The fourth-order valence-electron chi connectivity index (χ4n) is 3.15. The van der Waals surface area contributed by atoms with Crippen LogP contribution in [0, 0.1) is 11.8 Å². The fourth-order valence-corrected chi connectivity index (χ4v) is 3.36. The molecular formula is C20H20ClNO4. The van der Waals surface area contributed by atoms with Crippen molar-refractivity contribution in [2.24, 2.45) is 11.8 Å². The van der Waals surface area contributed by atoms with Crippen LogP contribution in [0.2, 0.25) is 5.02 Å².